The van der Waals surface area contributed by atoms with Crippen molar-refractivity contribution < 1.29 is 0 Å². The van der Waals surface area contributed by atoms with Gasteiger partial charge in [-0.05, 0) is 37.5 Å². The fourth-order valence-corrected chi connectivity index (χ4v) is 1.95. The summed E-state index contributed by atoms with van der Waals surface area (Å²) in [7, 11) is 0. The molecule has 0 atom stereocenters. The number of likely N-dealkylation sites (tertiary alicyclic amines) is 1. The molecule has 1 saturated heterocycles. The van der Waals surface area contributed by atoms with Gasteiger partial charge < -0.3 is 11.5 Å². The maximum absolute atomic E-state index is 5.86. The van der Waals surface area contributed by atoms with Crippen LogP contribution in [0.3, 0.4) is 0 Å². The molecule has 0 unspecified atom stereocenters. The van der Waals surface area contributed by atoms with Gasteiger partial charge in [0.05, 0.1) is 0 Å². The minimum Gasteiger partial charge on any atom is -0.328 e. The molecule has 0 aliphatic carbocycles. The maximum atomic E-state index is 5.86. The molecule has 1 aromatic rings. The van der Waals surface area contributed by atoms with Gasteiger partial charge in [0.1, 0.15) is 0 Å². The monoisotopic (exact) mass is 249 g/mol. The maximum Gasteiger partial charge on any atom is 0.0233 e. The highest BCUT2D eigenvalue weighted by molar-refractivity contribution is 5.14. The van der Waals surface area contributed by atoms with Crippen LogP contribution in [-0.2, 0) is 6.54 Å². The average molecular weight is 249 g/mol. The number of hydrogen-bond acceptors (Lipinski definition) is 3. The van der Waals surface area contributed by atoms with Gasteiger partial charge in [0, 0.05) is 12.6 Å². The Morgan fingerprint density at radius 2 is 1.67 bits per heavy atom. The van der Waals surface area contributed by atoms with Crippen molar-refractivity contribution in [3.05, 3.63) is 35.9 Å². The molecule has 1 aliphatic heterocycles. The number of benzene rings is 1. The Balaban J connectivity index is 0.000000357. The summed E-state index contributed by atoms with van der Waals surface area (Å²) in [5, 5.41) is 0. The predicted molar refractivity (Wildman–Crippen MR) is 78.3 cm³/mol. The van der Waals surface area contributed by atoms with Crippen LogP contribution in [0.15, 0.2) is 30.3 Å². The first-order valence-electron chi connectivity index (χ1n) is 6.85. The molecule has 102 valence electrons. The van der Waals surface area contributed by atoms with E-state index < -0.39 is 0 Å². The van der Waals surface area contributed by atoms with Gasteiger partial charge in [-0.25, -0.2) is 0 Å². The third kappa shape index (κ3) is 6.74. The normalized spacial score (nSPS) is 17.4. The summed E-state index contributed by atoms with van der Waals surface area (Å²) in [6, 6.07) is 11.4. The number of nitrogens with zero attached hydrogens (tertiary/aromatic N) is 1. The Hall–Kier alpha value is -0.900. The molecule has 3 heteroatoms. The number of piperidine rings is 1. The fourth-order valence-electron chi connectivity index (χ4n) is 1.95. The highest BCUT2D eigenvalue weighted by atomic mass is 15.1. The van der Waals surface area contributed by atoms with Crippen LogP contribution < -0.4 is 11.5 Å². The zero-order chi connectivity index (χ0) is 13.4. The smallest absolute Gasteiger partial charge is 0.0233 e. The third-order valence-electron chi connectivity index (χ3n) is 2.88. The van der Waals surface area contributed by atoms with Crippen molar-refractivity contribution in [2.24, 2.45) is 11.5 Å². The highest BCUT2D eigenvalue weighted by Gasteiger charge is 2.15. The van der Waals surface area contributed by atoms with Crippen LogP contribution in [0.4, 0.5) is 0 Å². The molecule has 1 heterocycles. The van der Waals surface area contributed by atoms with Crippen molar-refractivity contribution in [2.45, 2.75) is 45.3 Å². The summed E-state index contributed by atoms with van der Waals surface area (Å²) in [6.45, 7) is 7.26. The molecule has 4 N–H and O–H groups in total. The Kier molecular flexibility index (Phi) is 6.94. The molecular formula is C15H27N3. The van der Waals surface area contributed by atoms with E-state index in [2.05, 4.69) is 35.2 Å². The minimum atomic E-state index is 0.333. The summed E-state index contributed by atoms with van der Waals surface area (Å²) in [5.41, 5.74) is 12.4. The second-order valence-electron chi connectivity index (χ2n) is 5.34. The average Bonchev–Trinajstić information content (AvgIpc) is 2.33. The van der Waals surface area contributed by atoms with Crippen LogP contribution in [0.5, 0.6) is 0 Å². The van der Waals surface area contributed by atoms with Crippen molar-refractivity contribution in [3.8, 4) is 0 Å². The molecular weight excluding hydrogens is 222 g/mol. The lowest BCUT2D eigenvalue weighted by molar-refractivity contribution is 0.205. The van der Waals surface area contributed by atoms with E-state index in [1.807, 2.05) is 13.8 Å². The standard InChI is InChI=1S/C12H18N2.C3H9N/c13-12-6-8-14(9-7-12)10-11-4-2-1-3-5-11;1-3(2)4/h1-5,12H,6-10,13H2;3H,4H2,1-2H3. The van der Waals surface area contributed by atoms with Crippen molar-refractivity contribution in [2.75, 3.05) is 13.1 Å². The van der Waals surface area contributed by atoms with Crippen LogP contribution in [0, 0.1) is 0 Å². The van der Waals surface area contributed by atoms with Gasteiger partial charge in [0.25, 0.3) is 0 Å². The molecule has 18 heavy (non-hydrogen) atoms. The van der Waals surface area contributed by atoms with E-state index >= 15 is 0 Å². The van der Waals surface area contributed by atoms with Crippen LogP contribution >= 0.6 is 0 Å². The Morgan fingerprint density at radius 3 is 2.17 bits per heavy atom. The van der Waals surface area contributed by atoms with Crippen molar-refractivity contribution in [1.29, 1.82) is 0 Å². The molecule has 0 radical (unpaired) electrons. The molecule has 3 nitrogen and oxygen atoms in total. The Bertz CT molecular complexity index is 300. The lowest BCUT2D eigenvalue weighted by atomic mass is 10.1. The Morgan fingerprint density at radius 1 is 1.17 bits per heavy atom. The predicted octanol–water partition coefficient (Wildman–Crippen LogP) is 1.96. The summed E-state index contributed by atoms with van der Waals surface area (Å²) in [6.07, 6.45) is 2.29. The molecule has 0 spiro atoms. The SMILES string of the molecule is CC(C)N.NC1CCN(Cc2ccccc2)CC1. The van der Waals surface area contributed by atoms with Crippen LogP contribution in [0.1, 0.15) is 32.3 Å². The summed E-state index contributed by atoms with van der Waals surface area (Å²) >= 11 is 0. The second-order valence-corrected chi connectivity index (χ2v) is 5.34. The van der Waals surface area contributed by atoms with E-state index in [4.69, 9.17) is 11.5 Å². The highest BCUT2D eigenvalue weighted by Crippen LogP contribution is 2.11. The third-order valence-corrected chi connectivity index (χ3v) is 2.88. The fraction of sp³-hybridized carbons (Fsp3) is 0.600. The molecule has 0 amide bonds. The molecule has 0 aromatic heterocycles. The van der Waals surface area contributed by atoms with Gasteiger partial charge in [-0.3, -0.25) is 4.90 Å². The van der Waals surface area contributed by atoms with Crippen molar-refractivity contribution in [3.63, 3.8) is 0 Å². The minimum absolute atomic E-state index is 0.333. The largest absolute Gasteiger partial charge is 0.328 e. The first-order chi connectivity index (χ1) is 8.58. The number of hydrogen-bond donors (Lipinski definition) is 2. The first kappa shape index (κ1) is 15.2. The van der Waals surface area contributed by atoms with Crippen molar-refractivity contribution in [1.82, 2.24) is 4.90 Å². The quantitative estimate of drug-likeness (QED) is 0.842. The zero-order valence-corrected chi connectivity index (χ0v) is 11.7. The number of nitrogens with two attached hydrogens (primary N) is 2. The van der Waals surface area contributed by atoms with Gasteiger partial charge in [-0.2, -0.15) is 0 Å². The molecule has 1 fully saturated rings. The summed E-state index contributed by atoms with van der Waals surface area (Å²) < 4.78 is 0. The molecule has 0 bridgehead atoms. The van der Waals surface area contributed by atoms with Crippen molar-refractivity contribution >= 4 is 0 Å². The second kappa shape index (κ2) is 8.25. The van der Waals surface area contributed by atoms with Gasteiger partial charge in [-0.15, -0.1) is 0 Å². The molecule has 0 saturated carbocycles. The lowest BCUT2D eigenvalue weighted by Crippen LogP contribution is -2.39. The van der Waals surface area contributed by atoms with Crippen LogP contribution in [0.25, 0.3) is 0 Å². The van der Waals surface area contributed by atoms with E-state index in [1.54, 1.807) is 0 Å². The molecule has 2 rings (SSSR count). The van der Waals surface area contributed by atoms with E-state index in [0.29, 0.717) is 12.1 Å². The van der Waals surface area contributed by atoms with Gasteiger partial charge >= 0.3 is 0 Å². The first-order valence-corrected chi connectivity index (χ1v) is 6.85. The van der Waals surface area contributed by atoms with Gasteiger partial charge in [0.15, 0.2) is 0 Å². The van der Waals surface area contributed by atoms with E-state index in [0.717, 1.165) is 32.5 Å². The van der Waals surface area contributed by atoms with E-state index in [9.17, 15) is 0 Å². The van der Waals surface area contributed by atoms with Crippen LogP contribution in [0.2, 0.25) is 0 Å². The van der Waals surface area contributed by atoms with Crippen LogP contribution in [-0.4, -0.2) is 30.1 Å². The lowest BCUT2D eigenvalue weighted by Gasteiger charge is -2.29. The summed E-state index contributed by atoms with van der Waals surface area (Å²) in [5.74, 6) is 0. The van der Waals surface area contributed by atoms with Gasteiger partial charge in [0.2, 0.25) is 0 Å². The number of rotatable bonds is 2. The molecule has 1 aliphatic rings. The summed E-state index contributed by atoms with van der Waals surface area (Å²) in [4.78, 5) is 2.48. The topological polar surface area (TPSA) is 55.3 Å². The van der Waals surface area contributed by atoms with Gasteiger partial charge in [-0.1, -0.05) is 44.2 Å². The Labute approximate surface area is 111 Å². The van der Waals surface area contributed by atoms with E-state index in [1.165, 1.54) is 5.56 Å². The zero-order valence-electron chi connectivity index (χ0n) is 11.7. The van der Waals surface area contributed by atoms with E-state index in [-0.39, 0.29) is 0 Å². The molecule has 1 aromatic carbocycles.